The monoisotopic (exact) mass is 266 g/mol. The molecule has 0 aliphatic carbocycles. The normalized spacial score (nSPS) is 11.8. The van der Waals surface area contributed by atoms with E-state index in [1.54, 1.807) is 0 Å². The first-order chi connectivity index (χ1) is 9.15. The summed E-state index contributed by atoms with van der Waals surface area (Å²) >= 11 is 0. The fourth-order valence-corrected chi connectivity index (χ4v) is 1.63. The summed E-state index contributed by atoms with van der Waals surface area (Å²) in [4.78, 5) is 22.7. The maximum absolute atomic E-state index is 11.6. The zero-order valence-corrected chi connectivity index (χ0v) is 10.7. The van der Waals surface area contributed by atoms with Crippen LogP contribution in [0.15, 0.2) is 29.4 Å². The number of carboxylic acid groups (broad SMARTS) is 1. The number of hydrogen-bond acceptors (Lipinski definition) is 4. The Morgan fingerprint density at radius 3 is 2.84 bits per heavy atom. The van der Waals surface area contributed by atoms with E-state index >= 15 is 0 Å². The second kappa shape index (κ2) is 8.07. The lowest BCUT2D eigenvalue weighted by atomic mass is 10.1. The largest absolute Gasteiger partial charge is 0.480 e. The van der Waals surface area contributed by atoms with Crippen molar-refractivity contribution in [3.8, 4) is 0 Å². The highest BCUT2D eigenvalue weighted by atomic mass is 16.5. The van der Waals surface area contributed by atoms with Crippen LogP contribution in [-0.4, -0.2) is 28.2 Å². The Bertz CT molecular complexity index is 414. The van der Waals surface area contributed by atoms with Gasteiger partial charge >= 0.3 is 5.97 Å². The topological polar surface area (TPSA) is 92.4 Å². The molecular weight excluding hydrogens is 248 g/mol. The Balaban J connectivity index is 2.38. The molecule has 0 unspecified atom stereocenters. The summed E-state index contributed by atoms with van der Waals surface area (Å²) in [5.41, 5.74) is 0. The molecule has 1 aromatic rings. The van der Waals surface area contributed by atoms with E-state index in [-0.39, 0.29) is 5.76 Å². The summed E-state index contributed by atoms with van der Waals surface area (Å²) in [6.45, 7) is 3.62. The Kier molecular flexibility index (Phi) is 6.35. The van der Waals surface area contributed by atoms with E-state index in [1.807, 2.05) is 6.08 Å². The minimum atomic E-state index is -1.04. The molecule has 0 aliphatic rings. The SMILES string of the molecule is C=CCCCCC[C@H](NC(=O)c1ccno1)C(=O)O. The third-order valence-electron chi connectivity index (χ3n) is 2.67. The van der Waals surface area contributed by atoms with E-state index in [0.717, 1.165) is 25.7 Å². The zero-order chi connectivity index (χ0) is 14.1. The molecule has 2 N–H and O–H groups in total. The molecular formula is C13H18N2O4. The van der Waals surface area contributed by atoms with Crippen LogP contribution in [-0.2, 0) is 4.79 Å². The average Bonchev–Trinajstić information content (AvgIpc) is 2.90. The van der Waals surface area contributed by atoms with Crippen molar-refractivity contribution < 1.29 is 19.2 Å². The van der Waals surface area contributed by atoms with Crippen LogP contribution in [0.3, 0.4) is 0 Å². The van der Waals surface area contributed by atoms with Crippen molar-refractivity contribution in [3.05, 3.63) is 30.7 Å². The summed E-state index contributed by atoms with van der Waals surface area (Å²) in [5, 5.41) is 14.9. The second-order valence-electron chi connectivity index (χ2n) is 4.17. The lowest BCUT2D eigenvalue weighted by Crippen LogP contribution is -2.40. The van der Waals surface area contributed by atoms with Gasteiger partial charge in [-0.05, 0) is 19.3 Å². The van der Waals surface area contributed by atoms with Crippen LogP contribution in [0.1, 0.15) is 42.7 Å². The lowest BCUT2D eigenvalue weighted by Gasteiger charge is -2.13. The van der Waals surface area contributed by atoms with Crippen molar-refractivity contribution in [2.24, 2.45) is 0 Å². The number of carbonyl (C=O) groups excluding carboxylic acids is 1. The van der Waals surface area contributed by atoms with E-state index in [2.05, 4.69) is 21.6 Å². The highest BCUT2D eigenvalue weighted by molar-refractivity contribution is 5.94. The number of rotatable bonds is 9. The van der Waals surface area contributed by atoms with Crippen molar-refractivity contribution >= 4 is 11.9 Å². The number of carbonyl (C=O) groups is 2. The van der Waals surface area contributed by atoms with Gasteiger partial charge in [0.1, 0.15) is 6.04 Å². The van der Waals surface area contributed by atoms with Gasteiger partial charge in [0.05, 0.1) is 6.20 Å². The lowest BCUT2D eigenvalue weighted by molar-refractivity contribution is -0.139. The van der Waals surface area contributed by atoms with Crippen LogP contribution in [0.5, 0.6) is 0 Å². The number of allylic oxidation sites excluding steroid dienone is 1. The molecule has 0 fully saturated rings. The fraction of sp³-hybridized carbons (Fsp3) is 0.462. The van der Waals surface area contributed by atoms with E-state index in [1.165, 1.54) is 12.3 Å². The van der Waals surface area contributed by atoms with Gasteiger partial charge in [0.25, 0.3) is 5.91 Å². The van der Waals surface area contributed by atoms with Crippen molar-refractivity contribution in [1.29, 1.82) is 0 Å². The van der Waals surface area contributed by atoms with Gasteiger partial charge in [-0.1, -0.05) is 24.1 Å². The van der Waals surface area contributed by atoms with Crippen LogP contribution >= 0.6 is 0 Å². The molecule has 1 heterocycles. The highest BCUT2D eigenvalue weighted by Crippen LogP contribution is 2.07. The Labute approximate surface area is 111 Å². The van der Waals surface area contributed by atoms with Gasteiger partial charge in [-0.2, -0.15) is 0 Å². The predicted octanol–water partition coefficient (Wildman–Crippen LogP) is 1.99. The van der Waals surface area contributed by atoms with Gasteiger partial charge in [-0.25, -0.2) is 4.79 Å². The number of nitrogens with one attached hydrogen (secondary N) is 1. The van der Waals surface area contributed by atoms with E-state index in [0.29, 0.717) is 6.42 Å². The van der Waals surface area contributed by atoms with Gasteiger partial charge in [0.15, 0.2) is 0 Å². The summed E-state index contributed by atoms with van der Waals surface area (Å²) in [6, 6.07) is 0.486. The molecule has 1 aromatic heterocycles. The van der Waals surface area contributed by atoms with Crippen molar-refractivity contribution in [2.45, 2.75) is 38.1 Å². The first kappa shape index (κ1) is 14.9. The van der Waals surface area contributed by atoms with Gasteiger partial charge < -0.3 is 14.9 Å². The number of aromatic nitrogens is 1. The molecule has 1 rings (SSSR count). The molecule has 6 nitrogen and oxygen atoms in total. The predicted molar refractivity (Wildman–Crippen MR) is 68.7 cm³/mol. The summed E-state index contributed by atoms with van der Waals surface area (Å²) in [7, 11) is 0. The Morgan fingerprint density at radius 1 is 1.47 bits per heavy atom. The van der Waals surface area contributed by atoms with Crippen molar-refractivity contribution in [1.82, 2.24) is 10.5 Å². The van der Waals surface area contributed by atoms with Crippen molar-refractivity contribution in [3.63, 3.8) is 0 Å². The smallest absolute Gasteiger partial charge is 0.326 e. The number of nitrogens with zero attached hydrogens (tertiary/aromatic N) is 1. The van der Waals surface area contributed by atoms with Crippen LogP contribution in [0.4, 0.5) is 0 Å². The molecule has 0 aliphatic heterocycles. The molecule has 0 bridgehead atoms. The van der Waals surface area contributed by atoms with E-state index < -0.39 is 17.9 Å². The number of amides is 1. The molecule has 1 amide bonds. The van der Waals surface area contributed by atoms with E-state index in [9.17, 15) is 9.59 Å². The fourth-order valence-electron chi connectivity index (χ4n) is 1.63. The number of aliphatic carboxylic acids is 1. The minimum absolute atomic E-state index is 0.0120. The molecule has 0 spiro atoms. The van der Waals surface area contributed by atoms with Gasteiger partial charge in [-0.15, -0.1) is 6.58 Å². The van der Waals surface area contributed by atoms with Crippen LogP contribution in [0.2, 0.25) is 0 Å². The standard InChI is InChI=1S/C13H18N2O4/c1-2-3-4-5-6-7-10(13(17)18)15-12(16)11-8-9-14-19-11/h2,8-10H,1,3-7H2,(H,15,16)(H,17,18)/t10-/m0/s1. The van der Waals surface area contributed by atoms with Crippen LogP contribution < -0.4 is 5.32 Å². The highest BCUT2D eigenvalue weighted by Gasteiger charge is 2.21. The van der Waals surface area contributed by atoms with Gasteiger partial charge in [0, 0.05) is 6.07 Å². The Hall–Kier alpha value is -2.11. The van der Waals surface area contributed by atoms with Crippen LogP contribution in [0.25, 0.3) is 0 Å². The van der Waals surface area contributed by atoms with Crippen molar-refractivity contribution in [2.75, 3.05) is 0 Å². The van der Waals surface area contributed by atoms with Gasteiger partial charge in [0.2, 0.25) is 5.76 Å². The first-order valence-corrected chi connectivity index (χ1v) is 6.20. The Morgan fingerprint density at radius 2 is 2.26 bits per heavy atom. The maximum atomic E-state index is 11.6. The molecule has 104 valence electrons. The maximum Gasteiger partial charge on any atom is 0.326 e. The van der Waals surface area contributed by atoms with Gasteiger partial charge in [-0.3, -0.25) is 4.79 Å². The summed E-state index contributed by atoms with van der Waals surface area (Å²) in [5.74, 6) is -1.59. The van der Waals surface area contributed by atoms with E-state index in [4.69, 9.17) is 5.11 Å². The zero-order valence-electron chi connectivity index (χ0n) is 10.7. The first-order valence-electron chi connectivity index (χ1n) is 6.20. The molecule has 6 heteroatoms. The third-order valence-corrected chi connectivity index (χ3v) is 2.67. The number of unbranched alkanes of at least 4 members (excludes halogenated alkanes) is 3. The molecule has 0 radical (unpaired) electrons. The second-order valence-corrected chi connectivity index (χ2v) is 4.17. The minimum Gasteiger partial charge on any atom is -0.480 e. The molecule has 0 aromatic carbocycles. The molecule has 0 saturated carbocycles. The molecule has 19 heavy (non-hydrogen) atoms. The number of hydrogen-bond donors (Lipinski definition) is 2. The molecule has 0 saturated heterocycles. The summed E-state index contributed by atoms with van der Waals surface area (Å²) < 4.78 is 4.67. The third kappa shape index (κ3) is 5.37. The van der Waals surface area contributed by atoms with Crippen LogP contribution in [0, 0.1) is 0 Å². The summed E-state index contributed by atoms with van der Waals surface area (Å²) in [6.07, 6.45) is 7.11. The molecule has 1 atom stereocenters. The quantitative estimate of drug-likeness (QED) is 0.526. The average molecular weight is 266 g/mol. The number of carboxylic acids is 1.